The number of nitrogens with one attached hydrogen (secondary N) is 1. The molecule has 1 aliphatic heterocycles. The van der Waals surface area contributed by atoms with Crippen LogP contribution in [-0.2, 0) is 9.53 Å². The van der Waals surface area contributed by atoms with Crippen molar-refractivity contribution in [1.29, 1.82) is 0 Å². The van der Waals surface area contributed by atoms with E-state index in [-0.39, 0.29) is 32.2 Å². The van der Waals surface area contributed by atoms with E-state index in [9.17, 15) is 18.0 Å². The lowest BCUT2D eigenvalue weighted by molar-refractivity contribution is -0.166. The molecule has 2 heterocycles. The minimum atomic E-state index is -4.35. The third-order valence-electron chi connectivity index (χ3n) is 4.09. The third kappa shape index (κ3) is 4.70. The molecule has 136 valence electrons. The largest absolute Gasteiger partial charge is 0.401 e. The van der Waals surface area contributed by atoms with Gasteiger partial charge in [-0.2, -0.15) is 13.2 Å². The molecule has 0 aromatic carbocycles. The van der Waals surface area contributed by atoms with Gasteiger partial charge in [0.25, 0.3) is 0 Å². The van der Waals surface area contributed by atoms with Crippen molar-refractivity contribution in [3.8, 4) is 0 Å². The summed E-state index contributed by atoms with van der Waals surface area (Å²) in [6.45, 7) is 4.90. The molecule has 0 saturated carbocycles. The third-order valence-corrected chi connectivity index (χ3v) is 4.09. The molecule has 1 saturated heterocycles. The van der Waals surface area contributed by atoms with Gasteiger partial charge < -0.3 is 14.6 Å². The lowest BCUT2D eigenvalue weighted by Gasteiger charge is -2.35. The van der Waals surface area contributed by atoms with Crippen LogP contribution in [0, 0.1) is 13.8 Å². The number of alkyl halides is 3. The highest BCUT2D eigenvalue weighted by atomic mass is 19.4. The highest BCUT2D eigenvalue weighted by Crippen LogP contribution is 2.23. The Morgan fingerprint density at radius 2 is 2.17 bits per heavy atom. The van der Waals surface area contributed by atoms with Gasteiger partial charge in [0.2, 0.25) is 5.91 Å². The van der Waals surface area contributed by atoms with Crippen molar-refractivity contribution in [3.63, 3.8) is 0 Å². The smallest absolute Gasteiger partial charge is 0.378 e. The van der Waals surface area contributed by atoms with E-state index in [4.69, 9.17) is 9.26 Å². The summed E-state index contributed by atoms with van der Waals surface area (Å²) in [7, 11) is 0. The SMILES string of the molecule is Cc1noc(C)c1[C@H](C)CNC(=O)[C@@H]1COCCN1CC(F)(F)F. The van der Waals surface area contributed by atoms with Gasteiger partial charge in [0, 0.05) is 24.6 Å². The van der Waals surface area contributed by atoms with Crippen LogP contribution in [0.2, 0.25) is 0 Å². The van der Waals surface area contributed by atoms with Gasteiger partial charge in [-0.05, 0) is 13.8 Å². The number of amides is 1. The highest BCUT2D eigenvalue weighted by Gasteiger charge is 2.38. The normalized spacial score (nSPS) is 20.8. The van der Waals surface area contributed by atoms with Gasteiger partial charge in [-0.3, -0.25) is 9.69 Å². The molecule has 1 aromatic heterocycles. The molecular formula is C15H22F3N3O3. The number of morpholine rings is 1. The van der Waals surface area contributed by atoms with E-state index in [0.29, 0.717) is 5.76 Å². The molecule has 24 heavy (non-hydrogen) atoms. The number of carbonyl (C=O) groups excluding carboxylic acids is 1. The van der Waals surface area contributed by atoms with Gasteiger partial charge in [-0.15, -0.1) is 0 Å². The summed E-state index contributed by atoms with van der Waals surface area (Å²) in [4.78, 5) is 13.4. The molecule has 9 heteroatoms. The molecule has 1 amide bonds. The number of halogens is 3. The maximum atomic E-state index is 12.6. The Kier molecular flexibility index (Phi) is 5.87. The van der Waals surface area contributed by atoms with E-state index in [1.807, 2.05) is 13.8 Å². The molecule has 1 N–H and O–H groups in total. The Hall–Kier alpha value is -1.61. The van der Waals surface area contributed by atoms with Gasteiger partial charge in [0.05, 0.1) is 25.5 Å². The van der Waals surface area contributed by atoms with Crippen LogP contribution < -0.4 is 5.32 Å². The molecule has 0 aliphatic carbocycles. The summed E-state index contributed by atoms with van der Waals surface area (Å²) in [5.41, 5.74) is 1.65. The minimum absolute atomic E-state index is 0.0401. The second-order valence-electron chi connectivity index (χ2n) is 6.06. The van der Waals surface area contributed by atoms with Crippen LogP contribution in [0.15, 0.2) is 4.52 Å². The first kappa shape index (κ1) is 18.7. The zero-order chi connectivity index (χ0) is 17.9. The van der Waals surface area contributed by atoms with Crippen LogP contribution >= 0.6 is 0 Å². The predicted molar refractivity (Wildman–Crippen MR) is 79.6 cm³/mol. The fourth-order valence-electron chi connectivity index (χ4n) is 2.97. The zero-order valence-corrected chi connectivity index (χ0v) is 13.9. The Balaban J connectivity index is 1.95. The van der Waals surface area contributed by atoms with Crippen LogP contribution in [0.5, 0.6) is 0 Å². The van der Waals surface area contributed by atoms with Crippen LogP contribution in [-0.4, -0.2) is 61.0 Å². The number of aromatic nitrogens is 1. The number of nitrogens with zero attached hydrogens (tertiary/aromatic N) is 2. The Morgan fingerprint density at radius 3 is 2.75 bits per heavy atom. The van der Waals surface area contributed by atoms with Gasteiger partial charge >= 0.3 is 6.18 Å². The molecule has 0 unspecified atom stereocenters. The fraction of sp³-hybridized carbons (Fsp3) is 0.733. The average Bonchev–Trinajstić information content (AvgIpc) is 2.82. The first-order chi connectivity index (χ1) is 11.2. The first-order valence-electron chi connectivity index (χ1n) is 7.78. The summed E-state index contributed by atoms with van der Waals surface area (Å²) in [6.07, 6.45) is -4.35. The van der Waals surface area contributed by atoms with Gasteiger partial charge in [-0.25, -0.2) is 0 Å². The van der Waals surface area contributed by atoms with Crippen molar-refractivity contribution < 1.29 is 27.2 Å². The van der Waals surface area contributed by atoms with Crippen LogP contribution in [0.1, 0.15) is 29.9 Å². The maximum absolute atomic E-state index is 12.6. The summed E-state index contributed by atoms with van der Waals surface area (Å²) in [5.74, 6) is 0.160. The standard InChI is InChI=1S/C15H22F3N3O3/c1-9(13-10(2)20-24-11(13)3)6-19-14(22)12-7-23-5-4-21(12)8-15(16,17)18/h9,12H,4-8H2,1-3H3,(H,19,22)/t9-,12+/m1/s1. The van der Waals surface area contributed by atoms with Gasteiger partial charge in [0.1, 0.15) is 11.8 Å². The topological polar surface area (TPSA) is 67.6 Å². The number of rotatable bonds is 5. The summed E-state index contributed by atoms with van der Waals surface area (Å²) < 4.78 is 48.2. The fourth-order valence-corrected chi connectivity index (χ4v) is 2.97. The summed E-state index contributed by atoms with van der Waals surface area (Å²) in [6, 6.07) is -0.933. The molecule has 0 radical (unpaired) electrons. The number of aryl methyl sites for hydroxylation is 2. The van der Waals surface area contributed by atoms with Crippen molar-refractivity contribution in [2.75, 3.05) is 32.8 Å². The molecule has 0 spiro atoms. The minimum Gasteiger partial charge on any atom is -0.378 e. The zero-order valence-electron chi connectivity index (χ0n) is 13.9. The second kappa shape index (κ2) is 7.52. The van der Waals surface area contributed by atoms with E-state index in [2.05, 4.69) is 10.5 Å². The van der Waals surface area contributed by atoms with Gasteiger partial charge in [0.15, 0.2) is 0 Å². The Bertz CT molecular complexity index is 555. The lowest BCUT2D eigenvalue weighted by Crippen LogP contribution is -2.56. The average molecular weight is 349 g/mol. The predicted octanol–water partition coefficient (Wildman–Crippen LogP) is 1.77. The summed E-state index contributed by atoms with van der Waals surface area (Å²) >= 11 is 0. The van der Waals surface area contributed by atoms with Crippen LogP contribution in [0.3, 0.4) is 0 Å². The molecule has 1 aromatic rings. The van der Waals surface area contributed by atoms with E-state index >= 15 is 0 Å². The van der Waals surface area contributed by atoms with Gasteiger partial charge in [-0.1, -0.05) is 12.1 Å². The van der Waals surface area contributed by atoms with Crippen LogP contribution in [0.25, 0.3) is 0 Å². The quantitative estimate of drug-likeness (QED) is 0.878. The van der Waals surface area contributed by atoms with E-state index in [1.165, 1.54) is 0 Å². The number of carbonyl (C=O) groups is 1. The van der Waals surface area contributed by atoms with Crippen molar-refractivity contribution in [1.82, 2.24) is 15.4 Å². The molecular weight excluding hydrogens is 327 g/mol. The molecule has 2 rings (SSSR count). The van der Waals surface area contributed by atoms with Crippen molar-refractivity contribution in [2.45, 2.75) is 38.9 Å². The summed E-state index contributed by atoms with van der Waals surface area (Å²) in [5, 5.41) is 6.58. The van der Waals surface area contributed by atoms with Crippen molar-refractivity contribution in [3.05, 3.63) is 17.0 Å². The van der Waals surface area contributed by atoms with Crippen LogP contribution in [0.4, 0.5) is 13.2 Å². The number of hydrogen-bond acceptors (Lipinski definition) is 5. The molecule has 1 aliphatic rings. The molecule has 6 nitrogen and oxygen atoms in total. The highest BCUT2D eigenvalue weighted by molar-refractivity contribution is 5.82. The Morgan fingerprint density at radius 1 is 1.46 bits per heavy atom. The van der Waals surface area contributed by atoms with Crippen molar-refractivity contribution in [2.24, 2.45) is 0 Å². The molecule has 2 atom stereocenters. The second-order valence-corrected chi connectivity index (χ2v) is 6.06. The first-order valence-corrected chi connectivity index (χ1v) is 7.78. The number of hydrogen-bond donors (Lipinski definition) is 1. The van der Waals surface area contributed by atoms with E-state index in [1.54, 1.807) is 6.92 Å². The number of ether oxygens (including phenoxy) is 1. The van der Waals surface area contributed by atoms with E-state index in [0.717, 1.165) is 16.2 Å². The molecule has 1 fully saturated rings. The monoisotopic (exact) mass is 349 g/mol. The molecule has 0 bridgehead atoms. The van der Waals surface area contributed by atoms with Crippen molar-refractivity contribution >= 4 is 5.91 Å². The van der Waals surface area contributed by atoms with E-state index < -0.39 is 24.7 Å². The lowest BCUT2D eigenvalue weighted by atomic mass is 9.99. The maximum Gasteiger partial charge on any atom is 0.401 e. The Labute approximate surface area is 138 Å².